The van der Waals surface area contributed by atoms with Crippen molar-refractivity contribution in [2.24, 2.45) is 0 Å². The maximum atomic E-state index is 2.61. The van der Waals surface area contributed by atoms with Crippen molar-refractivity contribution in [3.63, 3.8) is 0 Å². The highest BCUT2D eigenvalue weighted by atomic mass is 15.0. The zero-order valence-electron chi connectivity index (χ0n) is 31.7. The van der Waals surface area contributed by atoms with Gasteiger partial charge in [0.2, 0.25) is 0 Å². The topological polar surface area (TPSA) is 13.8 Å². The molecule has 0 unspecified atom stereocenters. The molecule has 3 nitrogen and oxygen atoms in total. The molecule has 270 valence electrons. The van der Waals surface area contributed by atoms with E-state index in [0.29, 0.717) is 0 Å². The highest BCUT2D eigenvalue weighted by molar-refractivity contribution is 6.34. The number of para-hydroxylation sites is 4. The number of benzene rings is 10. The van der Waals surface area contributed by atoms with Gasteiger partial charge in [0.1, 0.15) is 0 Å². The molecule has 0 saturated carbocycles. The Hall–Kier alpha value is -7.88. The Morgan fingerprint density at radius 1 is 0.271 bits per heavy atom. The molecule has 0 aliphatic heterocycles. The molecule has 0 fully saturated rings. The Morgan fingerprint density at radius 3 is 1.61 bits per heavy atom. The van der Waals surface area contributed by atoms with Crippen LogP contribution in [0.4, 0.5) is 0 Å². The maximum absolute atomic E-state index is 2.61. The molecular formula is C56H31N3. The summed E-state index contributed by atoms with van der Waals surface area (Å²) < 4.78 is 7.57. The van der Waals surface area contributed by atoms with Crippen LogP contribution >= 0.6 is 0 Å². The van der Waals surface area contributed by atoms with Gasteiger partial charge in [-0.2, -0.15) is 0 Å². The highest BCUT2D eigenvalue weighted by Crippen LogP contribution is 2.49. The second kappa shape index (κ2) is 10.5. The average molecular weight is 746 g/mol. The number of hydrogen-bond acceptors (Lipinski definition) is 0. The minimum Gasteiger partial charge on any atom is -0.309 e. The van der Waals surface area contributed by atoms with Crippen molar-refractivity contribution >= 4 is 120 Å². The summed E-state index contributed by atoms with van der Waals surface area (Å²) in [5.41, 5.74) is 13.7. The predicted molar refractivity (Wildman–Crippen MR) is 251 cm³/mol. The molecule has 0 aliphatic carbocycles. The van der Waals surface area contributed by atoms with E-state index in [4.69, 9.17) is 0 Å². The van der Waals surface area contributed by atoms with Gasteiger partial charge in [-0.3, -0.25) is 0 Å². The normalized spacial score (nSPS) is 12.7. The van der Waals surface area contributed by atoms with Crippen LogP contribution in [-0.4, -0.2) is 13.4 Å². The minimum atomic E-state index is 1.17. The third-order valence-corrected chi connectivity index (χ3v) is 13.6. The molecule has 5 heterocycles. The first kappa shape index (κ1) is 30.3. The molecule has 0 saturated heterocycles. The van der Waals surface area contributed by atoms with Crippen molar-refractivity contribution in [2.45, 2.75) is 0 Å². The van der Waals surface area contributed by atoms with E-state index >= 15 is 0 Å². The average Bonchev–Trinajstić information content (AvgIpc) is 4.09. The van der Waals surface area contributed by atoms with E-state index in [1.165, 1.54) is 136 Å². The van der Waals surface area contributed by atoms with Crippen molar-refractivity contribution in [3.8, 4) is 16.8 Å². The summed E-state index contributed by atoms with van der Waals surface area (Å²) in [6, 6.07) is 70.3. The van der Waals surface area contributed by atoms with Crippen LogP contribution in [0.25, 0.3) is 136 Å². The molecule has 15 rings (SSSR count). The number of aromatic nitrogens is 3. The Labute approximate surface area is 336 Å². The molecule has 0 aliphatic rings. The van der Waals surface area contributed by atoms with Gasteiger partial charge in [0.15, 0.2) is 0 Å². The lowest BCUT2D eigenvalue weighted by Gasteiger charge is -2.11. The largest absolute Gasteiger partial charge is 0.309 e. The predicted octanol–water partition coefficient (Wildman–Crippen LogP) is 15.1. The summed E-state index contributed by atoms with van der Waals surface area (Å²) in [5.74, 6) is 0. The smallest absolute Gasteiger partial charge is 0.0626 e. The summed E-state index contributed by atoms with van der Waals surface area (Å²) in [5, 5.41) is 18.0. The molecule has 0 bridgehead atoms. The van der Waals surface area contributed by atoms with E-state index in [2.05, 4.69) is 201 Å². The first-order valence-electron chi connectivity index (χ1n) is 20.5. The molecule has 3 heteroatoms. The first-order chi connectivity index (χ1) is 29.3. The number of nitrogens with zero attached hydrogens (tertiary/aromatic N) is 3. The zero-order chi connectivity index (χ0) is 38.1. The van der Waals surface area contributed by atoms with Crippen molar-refractivity contribution < 1.29 is 0 Å². The lowest BCUT2D eigenvalue weighted by atomic mass is 9.94. The van der Waals surface area contributed by atoms with E-state index in [0.717, 1.165) is 0 Å². The van der Waals surface area contributed by atoms with Crippen LogP contribution < -0.4 is 0 Å². The minimum absolute atomic E-state index is 1.17. The quantitative estimate of drug-likeness (QED) is 0.167. The molecule has 59 heavy (non-hydrogen) atoms. The Balaban J connectivity index is 1.11. The fraction of sp³-hybridized carbons (Fsp3) is 0. The Kier molecular flexibility index (Phi) is 5.41. The molecule has 10 aromatic carbocycles. The fourth-order valence-corrected chi connectivity index (χ4v) is 11.3. The van der Waals surface area contributed by atoms with Crippen molar-refractivity contribution in [1.82, 2.24) is 13.4 Å². The number of hydrogen-bond donors (Lipinski definition) is 0. The van der Waals surface area contributed by atoms with Gasteiger partial charge in [-0.05, 0) is 70.3 Å². The number of fused-ring (bicyclic) bond motifs is 19. The van der Waals surface area contributed by atoms with E-state index < -0.39 is 0 Å². The lowest BCUT2D eigenvalue weighted by molar-refractivity contribution is 1.18. The summed E-state index contributed by atoms with van der Waals surface area (Å²) in [6.07, 6.45) is 0. The van der Waals surface area contributed by atoms with Gasteiger partial charge in [0, 0.05) is 70.5 Å². The summed E-state index contributed by atoms with van der Waals surface area (Å²) in [7, 11) is 0. The van der Waals surface area contributed by atoms with Gasteiger partial charge in [-0.15, -0.1) is 0 Å². The molecule has 0 N–H and O–H groups in total. The molecule has 0 radical (unpaired) electrons. The highest BCUT2D eigenvalue weighted by Gasteiger charge is 2.25. The van der Waals surface area contributed by atoms with Gasteiger partial charge in [0.05, 0.1) is 44.1 Å². The standard InChI is InChI=1S/C56H31N3/c1-2-14-35(15-3-1)57-48-23-9-8-18-38(48)45-29-34(25-27-49(45)57)44-28-33-13-5-6-16-36(33)52-43-22-11-21-41-47-30-50-46(31-51(47)59(55(41)43)56(44)52)40-20-10-19-39-42-26-24-32-12-4-7-17-37(32)53(42)58(50)54(39)40/h1-31H. The monoisotopic (exact) mass is 745 g/mol. The van der Waals surface area contributed by atoms with Crippen LogP contribution in [0.3, 0.4) is 0 Å². The fourth-order valence-electron chi connectivity index (χ4n) is 11.3. The molecular weight excluding hydrogens is 715 g/mol. The van der Waals surface area contributed by atoms with E-state index in [9.17, 15) is 0 Å². The SMILES string of the molecule is c1ccc(-n2c3ccccc3c3cc(-c4cc5ccccc5c5c6cccc7c8cc9c(cc8n(c45)c76)c4cccc5c6ccc7ccccc7c6n9c45)ccc32)cc1. The Morgan fingerprint density at radius 2 is 0.814 bits per heavy atom. The van der Waals surface area contributed by atoms with Gasteiger partial charge >= 0.3 is 0 Å². The number of rotatable bonds is 2. The summed E-state index contributed by atoms with van der Waals surface area (Å²) in [4.78, 5) is 0. The molecule has 5 aromatic heterocycles. The second-order valence-corrected chi connectivity index (χ2v) is 16.4. The zero-order valence-corrected chi connectivity index (χ0v) is 31.7. The van der Waals surface area contributed by atoms with Crippen LogP contribution in [0.5, 0.6) is 0 Å². The van der Waals surface area contributed by atoms with Crippen molar-refractivity contribution in [2.75, 3.05) is 0 Å². The van der Waals surface area contributed by atoms with Crippen LogP contribution in [-0.2, 0) is 0 Å². The van der Waals surface area contributed by atoms with Crippen molar-refractivity contribution in [3.05, 3.63) is 188 Å². The molecule has 0 atom stereocenters. The van der Waals surface area contributed by atoms with Crippen LogP contribution in [0.1, 0.15) is 0 Å². The molecule has 0 amide bonds. The van der Waals surface area contributed by atoms with Crippen LogP contribution in [0.2, 0.25) is 0 Å². The summed E-state index contributed by atoms with van der Waals surface area (Å²) >= 11 is 0. The lowest BCUT2D eigenvalue weighted by Crippen LogP contribution is -1.93. The van der Waals surface area contributed by atoms with Crippen molar-refractivity contribution in [1.29, 1.82) is 0 Å². The van der Waals surface area contributed by atoms with Gasteiger partial charge in [0.25, 0.3) is 0 Å². The van der Waals surface area contributed by atoms with Crippen LogP contribution in [0.15, 0.2) is 188 Å². The second-order valence-electron chi connectivity index (χ2n) is 16.4. The van der Waals surface area contributed by atoms with Gasteiger partial charge in [-0.1, -0.05) is 140 Å². The van der Waals surface area contributed by atoms with E-state index in [1.54, 1.807) is 0 Å². The first-order valence-corrected chi connectivity index (χ1v) is 20.5. The molecule has 15 aromatic rings. The van der Waals surface area contributed by atoms with Gasteiger partial charge in [-0.25, -0.2) is 0 Å². The van der Waals surface area contributed by atoms with E-state index in [-0.39, 0.29) is 0 Å². The van der Waals surface area contributed by atoms with E-state index in [1.807, 2.05) is 0 Å². The Bertz CT molecular complexity index is 4290. The van der Waals surface area contributed by atoms with Crippen LogP contribution in [0, 0.1) is 0 Å². The molecule has 0 spiro atoms. The van der Waals surface area contributed by atoms with Gasteiger partial charge < -0.3 is 13.4 Å². The third-order valence-electron chi connectivity index (χ3n) is 13.6. The third kappa shape index (κ3) is 3.62. The summed E-state index contributed by atoms with van der Waals surface area (Å²) in [6.45, 7) is 0. The maximum Gasteiger partial charge on any atom is 0.0626 e.